The second-order valence-corrected chi connectivity index (χ2v) is 4.03. The van der Waals surface area contributed by atoms with Crippen LogP contribution in [0.1, 0.15) is 11.6 Å². The lowest BCUT2D eigenvalue weighted by Crippen LogP contribution is -2.29. The smallest absolute Gasteiger partial charge is 0.189 e. The van der Waals surface area contributed by atoms with Crippen LogP contribution in [0.4, 0.5) is 0 Å². The molecular formula is C13H13N3. The molecule has 0 spiro atoms. The zero-order chi connectivity index (χ0) is 11.0. The molecule has 1 aliphatic heterocycles. The first-order valence-corrected chi connectivity index (χ1v) is 5.38. The fourth-order valence-corrected chi connectivity index (χ4v) is 2.07. The molecule has 0 aromatic heterocycles. The molecule has 0 aliphatic carbocycles. The molecule has 3 N–H and O–H groups in total. The van der Waals surface area contributed by atoms with Gasteiger partial charge in [0.05, 0.1) is 12.6 Å². The minimum atomic E-state index is 0.226. The summed E-state index contributed by atoms with van der Waals surface area (Å²) in [5.74, 6) is 0.540. The normalized spacial score (nSPS) is 19.5. The van der Waals surface area contributed by atoms with Gasteiger partial charge in [-0.25, -0.2) is 0 Å². The van der Waals surface area contributed by atoms with E-state index in [1.54, 1.807) is 0 Å². The molecular weight excluding hydrogens is 198 g/mol. The summed E-state index contributed by atoms with van der Waals surface area (Å²) in [4.78, 5) is 4.16. The van der Waals surface area contributed by atoms with Gasteiger partial charge in [0.2, 0.25) is 0 Å². The van der Waals surface area contributed by atoms with Gasteiger partial charge in [-0.2, -0.15) is 0 Å². The molecule has 0 saturated carbocycles. The summed E-state index contributed by atoms with van der Waals surface area (Å²) in [6.45, 7) is 0.726. The average Bonchev–Trinajstić information content (AvgIpc) is 2.75. The highest BCUT2D eigenvalue weighted by Gasteiger charge is 2.16. The minimum Gasteiger partial charge on any atom is -0.370 e. The molecule has 2 aromatic carbocycles. The van der Waals surface area contributed by atoms with E-state index < -0.39 is 0 Å². The summed E-state index contributed by atoms with van der Waals surface area (Å²) in [7, 11) is 0. The number of guanidine groups is 1. The third kappa shape index (κ3) is 1.50. The molecule has 0 bridgehead atoms. The summed E-state index contributed by atoms with van der Waals surface area (Å²) in [5.41, 5.74) is 6.85. The number of benzene rings is 2. The van der Waals surface area contributed by atoms with Crippen molar-refractivity contribution in [1.29, 1.82) is 0 Å². The molecule has 1 atom stereocenters. The highest BCUT2D eigenvalue weighted by molar-refractivity contribution is 5.84. The Morgan fingerprint density at radius 2 is 1.94 bits per heavy atom. The van der Waals surface area contributed by atoms with E-state index in [9.17, 15) is 0 Å². The number of hydrogen-bond acceptors (Lipinski definition) is 3. The van der Waals surface area contributed by atoms with Crippen molar-refractivity contribution in [2.45, 2.75) is 6.04 Å². The predicted molar refractivity (Wildman–Crippen MR) is 66.3 cm³/mol. The van der Waals surface area contributed by atoms with E-state index in [1.165, 1.54) is 16.3 Å². The van der Waals surface area contributed by atoms with Gasteiger partial charge < -0.3 is 11.1 Å². The van der Waals surface area contributed by atoms with Gasteiger partial charge in [0.1, 0.15) is 0 Å². The Balaban J connectivity index is 1.99. The van der Waals surface area contributed by atoms with E-state index in [1.807, 2.05) is 0 Å². The molecule has 16 heavy (non-hydrogen) atoms. The van der Waals surface area contributed by atoms with Crippen molar-refractivity contribution in [2.24, 2.45) is 10.7 Å². The summed E-state index contributed by atoms with van der Waals surface area (Å²) < 4.78 is 0. The SMILES string of the molecule is NC1=NCC(c2ccc3ccccc3c2)N1. The van der Waals surface area contributed by atoms with E-state index in [2.05, 4.69) is 52.8 Å². The van der Waals surface area contributed by atoms with Crippen molar-refractivity contribution >= 4 is 16.7 Å². The zero-order valence-electron chi connectivity index (χ0n) is 8.85. The van der Waals surface area contributed by atoms with Gasteiger partial charge in [0.15, 0.2) is 5.96 Å². The maximum atomic E-state index is 5.61. The number of aliphatic imine (C=N–C) groups is 1. The van der Waals surface area contributed by atoms with Crippen molar-refractivity contribution in [1.82, 2.24) is 5.32 Å². The molecule has 1 aliphatic rings. The lowest BCUT2D eigenvalue weighted by atomic mass is 10.0. The van der Waals surface area contributed by atoms with Crippen LogP contribution in [0, 0.1) is 0 Å². The first-order valence-electron chi connectivity index (χ1n) is 5.38. The van der Waals surface area contributed by atoms with E-state index >= 15 is 0 Å². The number of rotatable bonds is 1. The molecule has 1 heterocycles. The Morgan fingerprint density at radius 1 is 1.12 bits per heavy atom. The van der Waals surface area contributed by atoms with E-state index in [4.69, 9.17) is 5.73 Å². The highest BCUT2D eigenvalue weighted by Crippen LogP contribution is 2.22. The van der Waals surface area contributed by atoms with Crippen molar-refractivity contribution in [3.8, 4) is 0 Å². The first kappa shape index (κ1) is 9.21. The Hall–Kier alpha value is -2.03. The Morgan fingerprint density at radius 3 is 2.69 bits per heavy atom. The number of nitrogens with zero attached hydrogens (tertiary/aromatic N) is 1. The Kier molecular flexibility index (Phi) is 2.03. The number of nitrogens with two attached hydrogens (primary N) is 1. The van der Waals surface area contributed by atoms with Crippen molar-refractivity contribution in [3.05, 3.63) is 48.0 Å². The van der Waals surface area contributed by atoms with Gasteiger partial charge in [0.25, 0.3) is 0 Å². The maximum Gasteiger partial charge on any atom is 0.189 e. The number of fused-ring (bicyclic) bond motifs is 1. The van der Waals surface area contributed by atoms with Crippen LogP contribution in [0.2, 0.25) is 0 Å². The van der Waals surface area contributed by atoms with Crippen LogP contribution in [0.5, 0.6) is 0 Å². The molecule has 1 unspecified atom stereocenters. The molecule has 3 rings (SSSR count). The Labute approximate surface area is 94.0 Å². The summed E-state index contributed by atoms with van der Waals surface area (Å²) in [6.07, 6.45) is 0. The highest BCUT2D eigenvalue weighted by atomic mass is 15.2. The summed E-state index contributed by atoms with van der Waals surface area (Å²) in [6, 6.07) is 15.0. The van der Waals surface area contributed by atoms with Crippen LogP contribution >= 0.6 is 0 Å². The predicted octanol–water partition coefficient (Wildman–Crippen LogP) is 1.80. The van der Waals surface area contributed by atoms with Gasteiger partial charge in [0, 0.05) is 0 Å². The van der Waals surface area contributed by atoms with Crippen LogP contribution in [-0.4, -0.2) is 12.5 Å². The monoisotopic (exact) mass is 211 g/mol. The van der Waals surface area contributed by atoms with E-state index in [-0.39, 0.29) is 6.04 Å². The van der Waals surface area contributed by atoms with Gasteiger partial charge in [-0.05, 0) is 22.4 Å². The van der Waals surface area contributed by atoms with Gasteiger partial charge in [-0.1, -0.05) is 36.4 Å². The summed E-state index contributed by atoms with van der Waals surface area (Å²) in [5, 5.41) is 5.68. The molecule has 2 aromatic rings. The number of hydrogen-bond donors (Lipinski definition) is 2. The van der Waals surface area contributed by atoms with E-state index in [0.717, 1.165) is 6.54 Å². The molecule has 0 radical (unpaired) electrons. The fourth-order valence-electron chi connectivity index (χ4n) is 2.07. The van der Waals surface area contributed by atoms with Crippen molar-refractivity contribution < 1.29 is 0 Å². The van der Waals surface area contributed by atoms with Crippen LogP contribution in [-0.2, 0) is 0 Å². The van der Waals surface area contributed by atoms with Gasteiger partial charge in [-0.3, -0.25) is 4.99 Å². The number of nitrogens with one attached hydrogen (secondary N) is 1. The Bertz CT molecular complexity index is 560. The molecule has 0 saturated heterocycles. The van der Waals surface area contributed by atoms with Crippen molar-refractivity contribution in [3.63, 3.8) is 0 Å². The average molecular weight is 211 g/mol. The van der Waals surface area contributed by atoms with Crippen molar-refractivity contribution in [2.75, 3.05) is 6.54 Å². The molecule has 80 valence electrons. The topological polar surface area (TPSA) is 50.4 Å². The zero-order valence-corrected chi connectivity index (χ0v) is 8.85. The summed E-state index contributed by atoms with van der Waals surface area (Å²) >= 11 is 0. The lowest BCUT2D eigenvalue weighted by Gasteiger charge is -2.11. The molecule has 0 fully saturated rings. The quantitative estimate of drug-likeness (QED) is 0.755. The fraction of sp³-hybridized carbons (Fsp3) is 0.154. The molecule has 0 amide bonds. The van der Waals surface area contributed by atoms with E-state index in [0.29, 0.717) is 5.96 Å². The third-order valence-corrected chi connectivity index (χ3v) is 2.94. The lowest BCUT2D eigenvalue weighted by molar-refractivity contribution is 0.709. The molecule has 3 heteroatoms. The van der Waals surface area contributed by atoms with Crippen LogP contribution in [0.3, 0.4) is 0 Å². The third-order valence-electron chi connectivity index (χ3n) is 2.94. The second kappa shape index (κ2) is 3.52. The second-order valence-electron chi connectivity index (χ2n) is 4.03. The maximum absolute atomic E-state index is 5.61. The largest absolute Gasteiger partial charge is 0.370 e. The van der Waals surface area contributed by atoms with Crippen LogP contribution in [0.15, 0.2) is 47.5 Å². The minimum absolute atomic E-state index is 0.226. The standard InChI is InChI=1S/C13H13N3/c14-13-15-8-12(16-13)11-6-5-9-3-1-2-4-10(9)7-11/h1-7,12H,8H2,(H3,14,15,16). The first-order chi connectivity index (χ1) is 7.83. The van der Waals surface area contributed by atoms with Gasteiger partial charge >= 0.3 is 0 Å². The van der Waals surface area contributed by atoms with Crippen LogP contribution in [0.25, 0.3) is 10.8 Å². The van der Waals surface area contributed by atoms with Gasteiger partial charge in [-0.15, -0.1) is 0 Å². The van der Waals surface area contributed by atoms with Crippen LogP contribution < -0.4 is 11.1 Å². The molecule has 3 nitrogen and oxygen atoms in total.